The number of rotatable bonds is 3. The van der Waals surface area contributed by atoms with Gasteiger partial charge in [-0.05, 0) is 48.9 Å². The molecule has 2 heterocycles. The van der Waals surface area contributed by atoms with Gasteiger partial charge in [0.15, 0.2) is 0 Å². The van der Waals surface area contributed by atoms with Crippen molar-refractivity contribution in [3.8, 4) is 0 Å². The third kappa shape index (κ3) is 3.24. The van der Waals surface area contributed by atoms with E-state index in [1.54, 1.807) is 0 Å². The number of anilines is 1. The average Bonchev–Trinajstić information content (AvgIpc) is 2.92. The molecule has 2 aromatic carbocycles. The lowest BCUT2D eigenvalue weighted by Crippen LogP contribution is -2.46. The second-order valence-corrected chi connectivity index (χ2v) is 6.82. The van der Waals surface area contributed by atoms with Gasteiger partial charge >= 0.3 is 0 Å². The van der Waals surface area contributed by atoms with Gasteiger partial charge in [-0.1, -0.05) is 6.07 Å². The van der Waals surface area contributed by atoms with Crippen molar-refractivity contribution in [2.24, 2.45) is 7.05 Å². The van der Waals surface area contributed by atoms with E-state index in [0.29, 0.717) is 0 Å². The van der Waals surface area contributed by atoms with E-state index in [1.165, 1.54) is 23.2 Å². The van der Waals surface area contributed by atoms with Crippen LogP contribution in [-0.2, 0) is 13.6 Å². The van der Waals surface area contributed by atoms with Crippen LogP contribution in [0.5, 0.6) is 0 Å². The van der Waals surface area contributed by atoms with Gasteiger partial charge in [0.05, 0.1) is 17.6 Å². The molecule has 3 aromatic rings. The number of aromatic nitrogens is 2. The first-order valence-electron chi connectivity index (χ1n) is 8.75. The summed E-state index contributed by atoms with van der Waals surface area (Å²) < 4.78 is 15.3. The second-order valence-electron chi connectivity index (χ2n) is 6.82. The first-order chi connectivity index (χ1) is 12.1. The lowest BCUT2D eigenvalue weighted by Gasteiger charge is -2.35. The standard InChI is InChI=1S/C20H23FN4/c1-15-3-8-18-19(13-15)23(2)20(22-18)14-24-9-11-25(12-10-24)17-6-4-16(21)5-7-17/h3-8,13H,9-12,14H2,1-2H3. The summed E-state index contributed by atoms with van der Waals surface area (Å²) in [6.07, 6.45) is 0. The highest BCUT2D eigenvalue weighted by Crippen LogP contribution is 2.20. The summed E-state index contributed by atoms with van der Waals surface area (Å²) >= 11 is 0. The van der Waals surface area contributed by atoms with Crippen molar-refractivity contribution < 1.29 is 4.39 Å². The van der Waals surface area contributed by atoms with Crippen molar-refractivity contribution in [1.82, 2.24) is 14.5 Å². The molecule has 130 valence electrons. The van der Waals surface area contributed by atoms with Gasteiger partial charge in [0, 0.05) is 38.9 Å². The van der Waals surface area contributed by atoms with Gasteiger partial charge in [-0.3, -0.25) is 4.90 Å². The summed E-state index contributed by atoms with van der Waals surface area (Å²) in [7, 11) is 2.10. The van der Waals surface area contributed by atoms with Crippen molar-refractivity contribution in [2.45, 2.75) is 13.5 Å². The number of fused-ring (bicyclic) bond motifs is 1. The minimum atomic E-state index is -0.181. The summed E-state index contributed by atoms with van der Waals surface area (Å²) in [6.45, 7) is 6.85. The van der Waals surface area contributed by atoms with Crippen LogP contribution in [0.4, 0.5) is 10.1 Å². The van der Waals surface area contributed by atoms with Crippen LogP contribution in [0.2, 0.25) is 0 Å². The maximum Gasteiger partial charge on any atom is 0.123 e. The molecular formula is C20H23FN4. The average molecular weight is 338 g/mol. The molecular weight excluding hydrogens is 315 g/mol. The van der Waals surface area contributed by atoms with Crippen LogP contribution in [0.15, 0.2) is 42.5 Å². The summed E-state index contributed by atoms with van der Waals surface area (Å²) in [5.74, 6) is 0.926. The summed E-state index contributed by atoms with van der Waals surface area (Å²) in [6, 6.07) is 13.2. The van der Waals surface area contributed by atoms with E-state index in [4.69, 9.17) is 4.98 Å². The molecule has 0 spiro atoms. The number of nitrogens with zero attached hydrogens (tertiary/aromatic N) is 4. The number of imidazole rings is 1. The molecule has 0 radical (unpaired) electrons. The zero-order valence-electron chi connectivity index (χ0n) is 14.7. The molecule has 4 nitrogen and oxygen atoms in total. The molecule has 0 bridgehead atoms. The van der Waals surface area contributed by atoms with Gasteiger partial charge in [-0.2, -0.15) is 0 Å². The fourth-order valence-electron chi connectivity index (χ4n) is 3.51. The lowest BCUT2D eigenvalue weighted by atomic mass is 10.2. The highest BCUT2D eigenvalue weighted by molar-refractivity contribution is 5.76. The number of benzene rings is 2. The molecule has 5 heteroatoms. The Kier molecular flexibility index (Phi) is 4.17. The first-order valence-corrected chi connectivity index (χ1v) is 8.75. The topological polar surface area (TPSA) is 24.3 Å². The monoisotopic (exact) mass is 338 g/mol. The van der Waals surface area contributed by atoms with Crippen molar-refractivity contribution >= 4 is 16.7 Å². The van der Waals surface area contributed by atoms with Gasteiger partial charge in [0.2, 0.25) is 0 Å². The van der Waals surface area contributed by atoms with E-state index in [-0.39, 0.29) is 5.82 Å². The zero-order valence-corrected chi connectivity index (χ0v) is 14.7. The van der Waals surface area contributed by atoms with Crippen molar-refractivity contribution in [1.29, 1.82) is 0 Å². The highest BCUT2D eigenvalue weighted by atomic mass is 19.1. The van der Waals surface area contributed by atoms with Crippen LogP contribution in [0.25, 0.3) is 11.0 Å². The van der Waals surface area contributed by atoms with E-state index in [2.05, 4.69) is 46.5 Å². The molecule has 0 amide bonds. The molecule has 1 aromatic heterocycles. The second kappa shape index (κ2) is 6.48. The number of hydrogen-bond acceptors (Lipinski definition) is 3. The minimum Gasteiger partial charge on any atom is -0.369 e. The van der Waals surface area contributed by atoms with Gasteiger partial charge in [-0.15, -0.1) is 0 Å². The lowest BCUT2D eigenvalue weighted by molar-refractivity contribution is 0.242. The number of hydrogen-bond donors (Lipinski definition) is 0. The molecule has 1 aliphatic heterocycles. The van der Waals surface area contributed by atoms with Crippen LogP contribution < -0.4 is 4.90 Å². The molecule has 1 aliphatic rings. The molecule has 25 heavy (non-hydrogen) atoms. The van der Waals surface area contributed by atoms with Crippen LogP contribution >= 0.6 is 0 Å². The minimum absolute atomic E-state index is 0.181. The Morgan fingerprint density at radius 1 is 1.00 bits per heavy atom. The summed E-state index contributed by atoms with van der Waals surface area (Å²) in [5, 5.41) is 0. The quantitative estimate of drug-likeness (QED) is 0.732. The van der Waals surface area contributed by atoms with Crippen LogP contribution in [0.1, 0.15) is 11.4 Å². The van der Waals surface area contributed by atoms with Crippen molar-refractivity contribution in [3.63, 3.8) is 0 Å². The van der Waals surface area contributed by atoms with Crippen LogP contribution in [0.3, 0.4) is 0 Å². The predicted molar refractivity (Wildman–Crippen MR) is 99.3 cm³/mol. The molecule has 0 N–H and O–H groups in total. The van der Waals surface area contributed by atoms with Crippen molar-refractivity contribution in [2.75, 3.05) is 31.1 Å². The maximum atomic E-state index is 13.1. The smallest absolute Gasteiger partial charge is 0.123 e. The van der Waals surface area contributed by atoms with E-state index < -0.39 is 0 Å². The van der Waals surface area contributed by atoms with E-state index in [9.17, 15) is 4.39 Å². The van der Waals surface area contributed by atoms with E-state index in [1.807, 2.05) is 12.1 Å². The predicted octanol–water partition coefficient (Wildman–Crippen LogP) is 3.34. The van der Waals surface area contributed by atoms with Gasteiger partial charge in [-0.25, -0.2) is 9.37 Å². The SMILES string of the molecule is Cc1ccc2nc(CN3CCN(c4ccc(F)cc4)CC3)n(C)c2c1. The Bertz CT molecular complexity index is 877. The fraction of sp³-hybridized carbons (Fsp3) is 0.350. The number of aryl methyl sites for hydroxylation is 2. The largest absolute Gasteiger partial charge is 0.369 e. The Morgan fingerprint density at radius 3 is 2.44 bits per heavy atom. The number of piperazine rings is 1. The van der Waals surface area contributed by atoms with Gasteiger partial charge in [0.25, 0.3) is 0 Å². The third-order valence-corrected chi connectivity index (χ3v) is 5.06. The Labute approximate surface area is 147 Å². The van der Waals surface area contributed by atoms with Gasteiger partial charge < -0.3 is 9.47 Å². The Hall–Kier alpha value is -2.40. The summed E-state index contributed by atoms with van der Waals surface area (Å²) in [5.41, 5.74) is 4.61. The van der Waals surface area contributed by atoms with Gasteiger partial charge in [0.1, 0.15) is 11.6 Å². The van der Waals surface area contributed by atoms with E-state index in [0.717, 1.165) is 49.8 Å². The molecule has 1 fully saturated rings. The maximum absolute atomic E-state index is 13.1. The van der Waals surface area contributed by atoms with Crippen LogP contribution in [-0.4, -0.2) is 40.6 Å². The van der Waals surface area contributed by atoms with E-state index >= 15 is 0 Å². The molecule has 1 saturated heterocycles. The summed E-state index contributed by atoms with van der Waals surface area (Å²) in [4.78, 5) is 9.55. The third-order valence-electron chi connectivity index (χ3n) is 5.06. The molecule has 4 rings (SSSR count). The fourth-order valence-corrected chi connectivity index (χ4v) is 3.51. The van der Waals surface area contributed by atoms with Crippen LogP contribution in [0, 0.1) is 12.7 Å². The molecule has 0 unspecified atom stereocenters. The molecule has 0 atom stereocenters. The Balaban J connectivity index is 1.43. The van der Waals surface area contributed by atoms with Crippen molar-refractivity contribution in [3.05, 3.63) is 59.7 Å². The molecule has 0 saturated carbocycles. The first kappa shape index (κ1) is 16.1. The Morgan fingerprint density at radius 2 is 1.72 bits per heavy atom. The number of halogens is 1. The normalized spacial score (nSPS) is 15.9. The zero-order chi connectivity index (χ0) is 17.4. The highest BCUT2D eigenvalue weighted by Gasteiger charge is 2.19. The molecule has 0 aliphatic carbocycles.